The first-order valence-electron chi connectivity index (χ1n) is 22.8. The molecule has 6 aliphatic rings. The van der Waals surface area contributed by atoms with Gasteiger partial charge in [-0.15, -0.1) is 0 Å². The Labute approximate surface area is 430 Å². The van der Waals surface area contributed by atoms with Gasteiger partial charge < -0.3 is 56.5 Å². The van der Waals surface area contributed by atoms with Gasteiger partial charge in [-0.25, -0.2) is 0 Å². The van der Waals surface area contributed by atoms with Crippen molar-refractivity contribution in [1.29, 1.82) is 0 Å². The van der Waals surface area contributed by atoms with Gasteiger partial charge in [-0.3, -0.25) is 16.3 Å². The molecular weight excluding hydrogens is 999 g/mol. The summed E-state index contributed by atoms with van der Waals surface area (Å²) in [5.41, 5.74) is 8.13. The molecule has 14 nitrogen and oxygen atoms in total. The number of hydrogen-bond donors (Lipinski definition) is 0. The van der Waals surface area contributed by atoms with Gasteiger partial charge in [-0.2, -0.15) is 0 Å². The zero-order chi connectivity index (χ0) is 49.0. The molecule has 10 rings (SSSR count). The number of rotatable bonds is 9. The average Bonchev–Trinajstić information content (AvgIpc) is 4.12. The Balaban J connectivity index is 0.000000185. The fourth-order valence-corrected chi connectivity index (χ4v) is 11.8. The Hall–Kier alpha value is -4.22. The molecule has 0 unspecified atom stereocenters. The van der Waals surface area contributed by atoms with E-state index in [0.29, 0.717) is 42.4 Å². The second kappa shape index (κ2) is 20.9. The van der Waals surface area contributed by atoms with Crippen LogP contribution in [-0.2, 0) is 60.9 Å². The number of carbonyl (C=O) groups is 2. The molecule has 8 atom stereocenters. The van der Waals surface area contributed by atoms with Crippen molar-refractivity contribution in [2.75, 3.05) is 88.1 Å². The number of carbonyl (C=O) groups excluding carboxylic acids is 2. The first-order valence-corrected chi connectivity index (χ1v) is 28.4. The van der Waals surface area contributed by atoms with E-state index < -0.39 is 14.3 Å². The van der Waals surface area contributed by atoms with E-state index in [9.17, 15) is 18.7 Å². The fraction of sp³-hybridized carbons (Fsp3) is 0.481. The summed E-state index contributed by atoms with van der Waals surface area (Å²) in [6.07, 6.45) is 1.34. The molecule has 69 heavy (non-hydrogen) atoms. The van der Waals surface area contributed by atoms with Gasteiger partial charge in [0.25, 0.3) is 0 Å². The topological polar surface area (TPSA) is 161 Å². The summed E-state index contributed by atoms with van der Waals surface area (Å²) in [6.45, 7) is 17.5. The summed E-state index contributed by atoms with van der Waals surface area (Å²) in [7, 11) is 2.44. The minimum Gasteiger partial charge on any atom is -0.496 e. The molecule has 0 aromatic heterocycles. The Morgan fingerprint density at radius 1 is 0.565 bits per heavy atom. The van der Waals surface area contributed by atoms with E-state index >= 15 is 0 Å². The van der Waals surface area contributed by atoms with E-state index in [1.807, 2.05) is 69.6 Å². The second-order valence-corrected chi connectivity index (χ2v) is 26.2. The van der Waals surface area contributed by atoms with E-state index in [1.165, 1.54) is 5.56 Å². The van der Waals surface area contributed by atoms with Crippen LogP contribution in [0.25, 0.3) is 0 Å². The molecule has 4 heterocycles. The minimum absolute atomic E-state index is 0. The predicted molar refractivity (Wildman–Crippen MR) is 258 cm³/mol. The van der Waals surface area contributed by atoms with Gasteiger partial charge in [-0.05, 0) is 141 Å². The molecule has 1 radical (unpaired) electrons. The molecule has 0 saturated carbocycles. The normalized spacial score (nSPS) is 24.3. The fourth-order valence-electron chi connectivity index (χ4n) is 10.9. The first-order chi connectivity index (χ1) is 32.2. The molecule has 0 spiro atoms. The van der Waals surface area contributed by atoms with Crippen LogP contribution < -0.4 is 37.9 Å². The standard InChI is InChI=1S/C26H31O7P.C23H24O6.C3H8OP.Y/c1-14-20(29-2)8-15(9-21(14)30-3)24-18-11-23-22(32-13-33-23)10-17(18)16(6-7-34(4,5)28)19-12-31-26(27)25(19)24;1-11-14-7-19-20(29-10-28-19)8-15(14)21(22-16(11)9-27-23(22)24)13-5-17(25-3)12(2)18(6-13)26-4;1-5(2,3)4;/h8-11,16,19,24-25H,6-7,12-13H2,1-5H3;5-8,11,16,21-22H,9-10H2,1-4H3;1H2,2-3H3;/q;;-1;/t16-,19-,24-,25+;11-,16-,21-,22+;;/m11../s1. The van der Waals surface area contributed by atoms with Crippen molar-refractivity contribution in [1.82, 2.24) is 0 Å². The van der Waals surface area contributed by atoms with E-state index in [0.717, 1.165) is 68.4 Å². The van der Waals surface area contributed by atoms with Gasteiger partial charge in [0.15, 0.2) is 23.0 Å². The third-order valence-corrected chi connectivity index (χ3v) is 15.5. The van der Waals surface area contributed by atoms with Crippen molar-refractivity contribution in [2.45, 2.75) is 50.9 Å². The van der Waals surface area contributed by atoms with Crippen LogP contribution in [0.4, 0.5) is 0 Å². The van der Waals surface area contributed by atoms with Crippen LogP contribution in [-0.4, -0.2) is 100.0 Å². The van der Waals surface area contributed by atoms with Crippen molar-refractivity contribution in [3.63, 3.8) is 0 Å². The maximum Gasteiger partial charge on any atom is 0.310 e. The number of methoxy groups -OCH3 is 4. The van der Waals surface area contributed by atoms with Crippen LogP contribution in [0.2, 0.25) is 0 Å². The summed E-state index contributed by atoms with van der Waals surface area (Å²) in [5, 5.41) is 0. The van der Waals surface area contributed by atoms with Crippen molar-refractivity contribution >= 4 is 26.2 Å². The number of benzene rings is 4. The summed E-state index contributed by atoms with van der Waals surface area (Å²) in [5.74, 6) is 4.70. The second-order valence-electron chi connectivity index (χ2n) is 19.4. The van der Waals surface area contributed by atoms with E-state index in [4.69, 9.17) is 47.4 Å². The molecule has 2 saturated heterocycles. The average molecular weight is 1060 g/mol. The van der Waals surface area contributed by atoms with Crippen LogP contribution in [0.1, 0.15) is 81.5 Å². The minimum atomic E-state index is -2.23. The van der Waals surface area contributed by atoms with E-state index in [-0.39, 0.29) is 106 Å². The van der Waals surface area contributed by atoms with Gasteiger partial charge in [0, 0.05) is 73.7 Å². The van der Waals surface area contributed by atoms with Crippen LogP contribution in [0.3, 0.4) is 0 Å². The molecule has 0 amide bonds. The quantitative estimate of drug-likeness (QED) is 0.0885. The van der Waals surface area contributed by atoms with Gasteiger partial charge in [0.05, 0.1) is 60.6 Å². The maximum absolute atomic E-state index is 13.2. The van der Waals surface area contributed by atoms with Crippen LogP contribution in [0.15, 0.2) is 48.5 Å². The number of fused-ring (bicyclic) bond motifs is 6. The van der Waals surface area contributed by atoms with E-state index in [1.54, 1.807) is 41.8 Å². The van der Waals surface area contributed by atoms with E-state index in [2.05, 4.69) is 19.7 Å². The third-order valence-electron chi connectivity index (χ3n) is 14.1. The zero-order valence-corrected chi connectivity index (χ0v) is 46.0. The molecule has 2 aliphatic carbocycles. The first kappa shape index (κ1) is 52.6. The monoisotopic (exact) mass is 1060 g/mol. The summed E-state index contributed by atoms with van der Waals surface area (Å²) < 4.78 is 79.0. The molecular formula is C52H63O14P2Y-. The van der Waals surface area contributed by atoms with Gasteiger partial charge in [0.2, 0.25) is 13.6 Å². The Kier molecular flexibility index (Phi) is 15.9. The number of ether oxygens (including phenoxy) is 10. The largest absolute Gasteiger partial charge is 0.496 e. The van der Waals surface area contributed by atoms with Crippen molar-refractivity contribution in [2.24, 2.45) is 23.7 Å². The number of hydrogen-bond acceptors (Lipinski definition) is 14. The maximum atomic E-state index is 13.2. The molecule has 17 heteroatoms. The molecule has 4 aliphatic heterocycles. The van der Waals surface area contributed by atoms with Crippen LogP contribution in [0, 0.1) is 44.2 Å². The summed E-state index contributed by atoms with van der Waals surface area (Å²) in [6, 6.07) is 16.2. The predicted octanol–water partition coefficient (Wildman–Crippen LogP) is 9.95. The summed E-state index contributed by atoms with van der Waals surface area (Å²) in [4.78, 5) is 26.0. The zero-order valence-electron chi connectivity index (χ0n) is 41.4. The summed E-state index contributed by atoms with van der Waals surface area (Å²) >= 11 is 0. The molecule has 4 aromatic rings. The van der Waals surface area contributed by atoms with Crippen molar-refractivity contribution in [3.05, 3.63) is 99.7 Å². The number of esters is 2. The molecule has 4 aromatic carbocycles. The smallest absolute Gasteiger partial charge is 0.310 e. The Morgan fingerprint density at radius 2 is 0.913 bits per heavy atom. The van der Waals surface area contributed by atoms with Crippen LogP contribution >= 0.6 is 14.3 Å². The third kappa shape index (κ3) is 10.6. The Morgan fingerprint density at radius 3 is 1.30 bits per heavy atom. The SMILES string of the molecule is COc1cc([C@@H]2c3cc4c(cc3[C@@H](C)[C@H]3COC(=O)[C@H]23)OCO4)cc(OC)c1C.COc1cc([C@@H]2c3cc4c(cc3[C@@H](CCP(C)(C)=O)[C@H]3COC(=O)[C@H]23)OCO4)cc(OC)c1C.[CH2-]P(C)(C)=O.[Y]. The van der Waals surface area contributed by atoms with Gasteiger partial charge >= 0.3 is 11.9 Å². The molecule has 0 bridgehead atoms. The van der Waals surface area contributed by atoms with Gasteiger partial charge in [-0.1, -0.05) is 14.1 Å². The molecule has 2 fully saturated rings. The molecule has 0 N–H and O–H groups in total. The van der Waals surface area contributed by atoms with Crippen LogP contribution in [0.5, 0.6) is 46.0 Å². The van der Waals surface area contributed by atoms with Crippen molar-refractivity contribution < 1.29 is 98.8 Å². The van der Waals surface area contributed by atoms with Gasteiger partial charge in [0.1, 0.15) is 23.0 Å². The Bertz CT molecular complexity index is 2650. The number of cyclic esters (lactones) is 2. The van der Waals surface area contributed by atoms with Crippen molar-refractivity contribution in [3.8, 4) is 46.0 Å². The molecule has 369 valence electrons.